The molecule has 0 atom stereocenters. The summed E-state index contributed by atoms with van der Waals surface area (Å²) in [4.78, 5) is 9.17. The van der Waals surface area contributed by atoms with Crippen molar-refractivity contribution in [1.82, 2.24) is 19.9 Å². The Morgan fingerprint density at radius 1 is 1.37 bits per heavy atom. The zero-order chi connectivity index (χ0) is 13.4. The highest BCUT2D eigenvalue weighted by Gasteiger charge is 2.14. The van der Waals surface area contributed by atoms with Gasteiger partial charge in [-0.1, -0.05) is 0 Å². The molecule has 0 aliphatic carbocycles. The predicted octanol–water partition coefficient (Wildman–Crippen LogP) is 2.26. The van der Waals surface area contributed by atoms with Crippen LogP contribution in [0.3, 0.4) is 0 Å². The molecular weight excluding hydrogens is 240 g/mol. The van der Waals surface area contributed by atoms with Crippen LogP contribution in [0, 0.1) is 6.92 Å². The van der Waals surface area contributed by atoms with Crippen molar-refractivity contribution in [2.75, 3.05) is 7.05 Å². The second-order valence-corrected chi connectivity index (χ2v) is 4.60. The lowest BCUT2D eigenvalue weighted by Gasteiger charge is -2.03. The van der Waals surface area contributed by atoms with Gasteiger partial charge >= 0.3 is 0 Å². The van der Waals surface area contributed by atoms with Crippen molar-refractivity contribution in [1.29, 1.82) is 0 Å². The number of fused-ring (bicyclic) bond motifs is 1. The summed E-state index contributed by atoms with van der Waals surface area (Å²) in [6.45, 7) is 2.82. The number of aryl methyl sites for hydroxylation is 2. The van der Waals surface area contributed by atoms with Gasteiger partial charge in [0.05, 0.1) is 12.0 Å². The smallest absolute Gasteiger partial charge is 0.197 e. The summed E-state index contributed by atoms with van der Waals surface area (Å²) in [6.07, 6.45) is 3.73. The molecule has 1 N–H and O–H groups in total. The normalized spacial score (nSPS) is 11.3. The second kappa shape index (κ2) is 4.51. The lowest BCUT2D eigenvalue weighted by molar-refractivity contribution is 0.577. The van der Waals surface area contributed by atoms with Crippen molar-refractivity contribution in [3.63, 3.8) is 0 Å². The van der Waals surface area contributed by atoms with E-state index in [9.17, 15) is 0 Å². The summed E-state index contributed by atoms with van der Waals surface area (Å²) < 4.78 is 7.40. The Labute approximate surface area is 111 Å². The van der Waals surface area contributed by atoms with Crippen LogP contribution in [-0.2, 0) is 13.6 Å². The molecule has 5 heteroatoms. The molecule has 0 unspecified atom stereocenters. The molecule has 98 valence electrons. The maximum Gasteiger partial charge on any atom is 0.197 e. The fourth-order valence-corrected chi connectivity index (χ4v) is 2.39. The Balaban J connectivity index is 2.24. The van der Waals surface area contributed by atoms with Gasteiger partial charge in [-0.05, 0) is 31.7 Å². The van der Waals surface area contributed by atoms with E-state index in [-0.39, 0.29) is 0 Å². The van der Waals surface area contributed by atoms with Crippen molar-refractivity contribution in [3.8, 4) is 11.6 Å². The highest BCUT2D eigenvalue weighted by Crippen LogP contribution is 2.25. The Bertz CT molecular complexity index is 713. The summed E-state index contributed by atoms with van der Waals surface area (Å²) in [5.41, 5.74) is 3.12. The minimum atomic E-state index is 0.632. The monoisotopic (exact) mass is 256 g/mol. The molecule has 0 bridgehead atoms. The molecule has 0 spiro atoms. The molecule has 0 saturated heterocycles. The average Bonchev–Trinajstić information content (AvgIpc) is 2.99. The highest BCUT2D eigenvalue weighted by atomic mass is 16.3. The molecule has 3 rings (SSSR count). The molecule has 19 heavy (non-hydrogen) atoms. The molecule has 0 fully saturated rings. The van der Waals surface area contributed by atoms with Gasteiger partial charge < -0.3 is 14.3 Å². The number of hydrogen-bond donors (Lipinski definition) is 1. The number of aromatic nitrogens is 3. The minimum absolute atomic E-state index is 0.632. The van der Waals surface area contributed by atoms with Gasteiger partial charge in [-0.25, -0.2) is 9.97 Å². The Kier molecular flexibility index (Phi) is 2.83. The van der Waals surface area contributed by atoms with Crippen molar-refractivity contribution < 1.29 is 4.42 Å². The third-order valence-electron chi connectivity index (χ3n) is 3.18. The summed E-state index contributed by atoms with van der Waals surface area (Å²) in [7, 11) is 3.94. The highest BCUT2D eigenvalue weighted by molar-refractivity contribution is 5.84. The average molecular weight is 256 g/mol. The summed E-state index contributed by atoms with van der Waals surface area (Å²) >= 11 is 0. The van der Waals surface area contributed by atoms with E-state index in [0.717, 1.165) is 23.3 Å². The van der Waals surface area contributed by atoms with Crippen LogP contribution in [0.15, 0.2) is 29.0 Å². The van der Waals surface area contributed by atoms with Gasteiger partial charge in [0.1, 0.15) is 5.65 Å². The quantitative estimate of drug-likeness (QED) is 0.781. The molecule has 0 radical (unpaired) electrons. The third-order valence-corrected chi connectivity index (χ3v) is 3.18. The van der Waals surface area contributed by atoms with Crippen LogP contribution in [0.5, 0.6) is 0 Å². The van der Waals surface area contributed by atoms with Gasteiger partial charge in [0.25, 0.3) is 0 Å². The van der Waals surface area contributed by atoms with E-state index in [1.807, 2.05) is 37.7 Å². The van der Waals surface area contributed by atoms with E-state index >= 15 is 0 Å². The predicted molar refractivity (Wildman–Crippen MR) is 73.7 cm³/mol. The van der Waals surface area contributed by atoms with Gasteiger partial charge in [-0.2, -0.15) is 0 Å². The van der Waals surface area contributed by atoms with Crippen molar-refractivity contribution in [2.24, 2.45) is 7.05 Å². The first-order valence-corrected chi connectivity index (χ1v) is 6.21. The van der Waals surface area contributed by atoms with Crippen LogP contribution in [0.4, 0.5) is 0 Å². The number of hydrogen-bond acceptors (Lipinski definition) is 4. The number of rotatable bonds is 3. The van der Waals surface area contributed by atoms with Crippen LogP contribution in [-0.4, -0.2) is 21.6 Å². The molecule has 0 amide bonds. The summed E-state index contributed by atoms with van der Waals surface area (Å²) in [5.74, 6) is 1.33. The van der Waals surface area contributed by atoms with E-state index in [4.69, 9.17) is 4.42 Å². The first-order valence-electron chi connectivity index (χ1n) is 6.21. The van der Waals surface area contributed by atoms with E-state index < -0.39 is 0 Å². The molecule has 3 heterocycles. The SMILES string of the molecule is CNCc1cn(C)c2nc(-c3ccco3)nc(C)c12. The van der Waals surface area contributed by atoms with Gasteiger partial charge in [0.15, 0.2) is 11.6 Å². The van der Waals surface area contributed by atoms with Crippen molar-refractivity contribution in [2.45, 2.75) is 13.5 Å². The van der Waals surface area contributed by atoms with Crippen LogP contribution >= 0.6 is 0 Å². The van der Waals surface area contributed by atoms with Gasteiger partial charge in [-0.3, -0.25) is 0 Å². The maximum absolute atomic E-state index is 5.37. The van der Waals surface area contributed by atoms with Gasteiger partial charge in [-0.15, -0.1) is 0 Å². The van der Waals surface area contributed by atoms with Crippen LogP contribution in [0.2, 0.25) is 0 Å². The number of furan rings is 1. The minimum Gasteiger partial charge on any atom is -0.461 e. The first-order chi connectivity index (χ1) is 9.20. The Morgan fingerprint density at radius 3 is 2.89 bits per heavy atom. The molecule has 3 aromatic rings. The van der Waals surface area contributed by atoms with Gasteiger partial charge in [0.2, 0.25) is 0 Å². The summed E-state index contributed by atoms with van der Waals surface area (Å²) in [6, 6.07) is 3.72. The van der Waals surface area contributed by atoms with Gasteiger partial charge in [0, 0.05) is 25.2 Å². The first kappa shape index (κ1) is 11.9. The van der Waals surface area contributed by atoms with Crippen LogP contribution in [0.1, 0.15) is 11.3 Å². The maximum atomic E-state index is 5.37. The van der Waals surface area contributed by atoms with Crippen LogP contribution in [0.25, 0.3) is 22.6 Å². The Morgan fingerprint density at radius 2 is 2.21 bits per heavy atom. The zero-order valence-electron chi connectivity index (χ0n) is 11.3. The lowest BCUT2D eigenvalue weighted by Crippen LogP contribution is -2.05. The molecule has 0 aliphatic heterocycles. The fraction of sp³-hybridized carbons (Fsp3) is 0.286. The van der Waals surface area contributed by atoms with Crippen molar-refractivity contribution in [3.05, 3.63) is 35.9 Å². The fourth-order valence-electron chi connectivity index (χ4n) is 2.39. The zero-order valence-corrected chi connectivity index (χ0v) is 11.3. The van der Waals surface area contributed by atoms with Crippen LogP contribution < -0.4 is 5.32 Å². The largest absolute Gasteiger partial charge is 0.461 e. The van der Waals surface area contributed by atoms with E-state index in [1.54, 1.807) is 6.26 Å². The summed E-state index contributed by atoms with van der Waals surface area (Å²) in [5, 5.41) is 4.29. The number of nitrogens with one attached hydrogen (secondary N) is 1. The second-order valence-electron chi connectivity index (χ2n) is 4.60. The standard InChI is InChI=1S/C14H16N4O/c1-9-12-10(7-15-2)8-18(3)14(12)17-13(16-9)11-5-4-6-19-11/h4-6,8,15H,7H2,1-3H3. The topological polar surface area (TPSA) is 55.9 Å². The van der Waals surface area contributed by atoms with E-state index in [2.05, 4.69) is 21.5 Å². The molecular formula is C14H16N4O. The van der Waals surface area contributed by atoms with E-state index in [1.165, 1.54) is 5.56 Å². The third kappa shape index (κ3) is 1.92. The lowest BCUT2D eigenvalue weighted by atomic mass is 10.2. The molecule has 3 aromatic heterocycles. The van der Waals surface area contributed by atoms with Crippen molar-refractivity contribution >= 4 is 11.0 Å². The molecule has 0 aromatic carbocycles. The van der Waals surface area contributed by atoms with E-state index in [0.29, 0.717) is 11.6 Å². The molecule has 0 aliphatic rings. The number of nitrogens with zero attached hydrogens (tertiary/aromatic N) is 3. The molecule has 5 nitrogen and oxygen atoms in total. The Hall–Kier alpha value is -2.14. The molecule has 0 saturated carbocycles.